The number of carbonyl (C=O) groups is 2. The van der Waals surface area contributed by atoms with Crippen LogP contribution in [0, 0.1) is 0 Å². The maximum Gasteiger partial charge on any atom is 0.239 e. The number of imide groups is 1. The van der Waals surface area contributed by atoms with E-state index in [2.05, 4.69) is 10.2 Å². The van der Waals surface area contributed by atoms with Gasteiger partial charge in [0.1, 0.15) is 6.61 Å². The number of hydrogen-bond donors (Lipinski definition) is 0. The zero-order valence-electron chi connectivity index (χ0n) is 14.3. The second kappa shape index (κ2) is 6.99. The Hall–Kier alpha value is -2.55. The number of aromatic nitrogens is 3. The third-order valence-electron chi connectivity index (χ3n) is 4.36. The van der Waals surface area contributed by atoms with Gasteiger partial charge in [-0.25, -0.2) is 0 Å². The van der Waals surface area contributed by atoms with Crippen LogP contribution in [0.3, 0.4) is 0 Å². The fourth-order valence-corrected chi connectivity index (χ4v) is 3.79. The van der Waals surface area contributed by atoms with Crippen LogP contribution < -0.4 is 9.47 Å². The minimum atomic E-state index is -0.368. The molecule has 0 bridgehead atoms. The number of benzene rings is 1. The number of likely N-dealkylation sites (tertiary alicyclic amines) is 1. The van der Waals surface area contributed by atoms with E-state index in [-0.39, 0.29) is 23.7 Å². The van der Waals surface area contributed by atoms with Crippen LogP contribution >= 0.6 is 11.8 Å². The average Bonchev–Trinajstić information content (AvgIpc) is 3.25. The number of thioether (sulfide) groups is 1. The Balaban J connectivity index is 1.42. The van der Waals surface area contributed by atoms with E-state index >= 15 is 0 Å². The molecule has 0 aliphatic carbocycles. The molecule has 9 heteroatoms. The normalized spacial score (nSPS) is 19.0. The Morgan fingerprint density at radius 1 is 1.31 bits per heavy atom. The van der Waals surface area contributed by atoms with Crippen LogP contribution in [0.4, 0.5) is 0 Å². The van der Waals surface area contributed by atoms with Gasteiger partial charge in [0, 0.05) is 20.0 Å². The first-order valence-corrected chi connectivity index (χ1v) is 9.36. The Labute approximate surface area is 154 Å². The first kappa shape index (κ1) is 16.9. The van der Waals surface area contributed by atoms with Crippen molar-refractivity contribution < 1.29 is 19.1 Å². The average molecular weight is 374 g/mol. The zero-order chi connectivity index (χ0) is 18.1. The molecular weight excluding hydrogens is 356 g/mol. The minimum absolute atomic E-state index is 0.0966. The Morgan fingerprint density at radius 2 is 2.12 bits per heavy atom. The molecule has 8 nitrogen and oxygen atoms in total. The Bertz CT molecular complexity index is 853. The summed E-state index contributed by atoms with van der Waals surface area (Å²) in [5.41, 5.74) is 0. The maximum atomic E-state index is 12.2. The molecule has 1 aromatic heterocycles. The summed E-state index contributed by atoms with van der Waals surface area (Å²) in [7, 11) is 1.83. The Kier molecular flexibility index (Phi) is 4.54. The summed E-state index contributed by atoms with van der Waals surface area (Å²) in [6.07, 6.45) is 0.821. The van der Waals surface area contributed by atoms with Crippen molar-refractivity contribution in [1.29, 1.82) is 0 Å². The summed E-state index contributed by atoms with van der Waals surface area (Å²) in [4.78, 5) is 25.1. The van der Waals surface area contributed by atoms with Gasteiger partial charge in [-0.05, 0) is 18.6 Å². The highest BCUT2D eigenvalue weighted by Crippen LogP contribution is 2.35. The summed E-state index contributed by atoms with van der Waals surface area (Å²) < 4.78 is 13.5. The maximum absolute atomic E-state index is 12.2. The molecule has 3 heterocycles. The van der Waals surface area contributed by atoms with Crippen molar-refractivity contribution in [2.24, 2.45) is 7.05 Å². The van der Waals surface area contributed by atoms with E-state index in [9.17, 15) is 9.59 Å². The highest BCUT2D eigenvalue weighted by molar-refractivity contribution is 7.99. The molecule has 2 aromatic rings. The number of fused-ring (bicyclic) bond motifs is 1. The number of nitrogens with zero attached hydrogens (tertiary/aromatic N) is 4. The van der Waals surface area contributed by atoms with Gasteiger partial charge in [-0.3, -0.25) is 14.5 Å². The highest BCUT2D eigenvalue weighted by Gasteiger charge is 2.29. The van der Waals surface area contributed by atoms with E-state index in [1.54, 1.807) is 4.57 Å². The van der Waals surface area contributed by atoms with E-state index in [0.29, 0.717) is 42.1 Å². The van der Waals surface area contributed by atoms with Crippen molar-refractivity contribution in [3.05, 3.63) is 30.1 Å². The first-order valence-electron chi connectivity index (χ1n) is 8.37. The molecule has 1 atom stereocenters. The molecule has 1 unspecified atom stereocenters. The lowest BCUT2D eigenvalue weighted by Crippen LogP contribution is -2.33. The van der Waals surface area contributed by atoms with Crippen LogP contribution in [-0.2, 0) is 16.6 Å². The number of hydrogen-bond acceptors (Lipinski definition) is 7. The van der Waals surface area contributed by atoms with Gasteiger partial charge in [-0.2, -0.15) is 0 Å². The largest absolute Gasteiger partial charge is 0.485 e. The number of carbonyl (C=O) groups excluding carboxylic acids is 2. The molecule has 0 N–H and O–H groups in total. The van der Waals surface area contributed by atoms with Crippen molar-refractivity contribution in [2.45, 2.75) is 24.1 Å². The molecule has 2 aliphatic rings. The SMILES string of the molecule is Cn1c(SCC(=O)N2CCCC2=O)nnc1C1COc2ccccc2O1. The van der Waals surface area contributed by atoms with Crippen molar-refractivity contribution in [3.63, 3.8) is 0 Å². The van der Waals surface area contributed by atoms with Crippen molar-refractivity contribution >= 4 is 23.6 Å². The second-order valence-corrected chi connectivity index (χ2v) is 7.04. The third-order valence-corrected chi connectivity index (χ3v) is 5.37. The molecule has 4 rings (SSSR count). The predicted molar refractivity (Wildman–Crippen MR) is 93.0 cm³/mol. The number of rotatable bonds is 4. The van der Waals surface area contributed by atoms with Gasteiger partial charge in [-0.15, -0.1) is 10.2 Å². The molecule has 1 fully saturated rings. The number of amides is 2. The lowest BCUT2D eigenvalue weighted by Gasteiger charge is -2.25. The second-order valence-electron chi connectivity index (χ2n) is 6.10. The molecule has 1 saturated heterocycles. The fraction of sp³-hybridized carbons (Fsp3) is 0.412. The van der Waals surface area contributed by atoms with Gasteiger partial charge in [0.15, 0.2) is 28.6 Å². The topological polar surface area (TPSA) is 86.6 Å². The van der Waals surface area contributed by atoms with Crippen LogP contribution in [0.15, 0.2) is 29.4 Å². The standard InChI is InChI=1S/C17H18N4O4S/c1-20-16(13-9-24-11-5-2-3-6-12(11)25-13)18-19-17(20)26-10-15(23)21-8-4-7-14(21)22/h2-3,5-6,13H,4,7-10H2,1H3. The van der Waals surface area contributed by atoms with E-state index < -0.39 is 0 Å². The van der Waals surface area contributed by atoms with Gasteiger partial charge < -0.3 is 14.0 Å². The van der Waals surface area contributed by atoms with Gasteiger partial charge in [0.2, 0.25) is 11.8 Å². The molecule has 0 saturated carbocycles. The van der Waals surface area contributed by atoms with Gasteiger partial charge in [-0.1, -0.05) is 23.9 Å². The zero-order valence-corrected chi connectivity index (χ0v) is 15.1. The summed E-state index contributed by atoms with van der Waals surface area (Å²) in [6, 6.07) is 7.48. The fourth-order valence-electron chi connectivity index (χ4n) is 3.00. The van der Waals surface area contributed by atoms with E-state index in [1.165, 1.54) is 16.7 Å². The molecular formula is C17H18N4O4S. The van der Waals surface area contributed by atoms with E-state index in [0.717, 1.165) is 6.42 Å². The monoisotopic (exact) mass is 374 g/mol. The van der Waals surface area contributed by atoms with Crippen LogP contribution in [-0.4, -0.2) is 50.4 Å². The molecule has 2 aliphatic heterocycles. The molecule has 136 valence electrons. The van der Waals surface area contributed by atoms with Crippen LogP contribution in [0.25, 0.3) is 0 Å². The molecule has 0 spiro atoms. The summed E-state index contributed by atoms with van der Waals surface area (Å²) in [5.74, 6) is 1.88. The minimum Gasteiger partial charge on any atom is -0.485 e. The highest BCUT2D eigenvalue weighted by atomic mass is 32.2. The lowest BCUT2D eigenvalue weighted by atomic mass is 10.2. The smallest absolute Gasteiger partial charge is 0.239 e. The van der Waals surface area contributed by atoms with Crippen LogP contribution in [0.2, 0.25) is 0 Å². The molecule has 26 heavy (non-hydrogen) atoms. The Morgan fingerprint density at radius 3 is 2.88 bits per heavy atom. The number of para-hydroxylation sites is 2. The van der Waals surface area contributed by atoms with Gasteiger partial charge >= 0.3 is 0 Å². The van der Waals surface area contributed by atoms with Gasteiger partial charge in [0.05, 0.1) is 5.75 Å². The molecule has 2 amide bonds. The van der Waals surface area contributed by atoms with E-state index in [4.69, 9.17) is 9.47 Å². The first-order chi connectivity index (χ1) is 12.6. The quantitative estimate of drug-likeness (QED) is 0.751. The molecule has 1 aromatic carbocycles. The van der Waals surface area contributed by atoms with Crippen molar-refractivity contribution in [2.75, 3.05) is 18.9 Å². The van der Waals surface area contributed by atoms with Crippen LogP contribution in [0.1, 0.15) is 24.8 Å². The predicted octanol–water partition coefficient (Wildman–Crippen LogP) is 1.57. The summed E-state index contributed by atoms with van der Waals surface area (Å²) in [6.45, 7) is 0.851. The summed E-state index contributed by atoms with van der Waals surface area (Å²) in [5, 5.41) is 8.95. The van der Waals surface area contributed by atoms with Gasteiger partial charge in [0.25, 0.3) is 0 Å². The van der Waals surface area contributed by atoms with Crippen molar-refractivity contribution in [1.82, 2.24) is 19.7 Å². The summed E-state index contributed by atoms with van der Waals surface area (Å²) >= 11 is 1.26. The number of ether oxygens (including phenoxy) is 2. The lowest BCUT2D eigenvalue weighted by molar-refractivity contribution is -0.140. The van der Waals surface area contributed by atoms with Crippen molar-refractivity contribution in [3.8, 4) is 11.5 Å². The van der Waals surface area contributed by atoms with Crippen LogP contribution in [0.5, 0.6) is 11.5 Å². The van der Waals surface area contributed by atoms with E-state index in [1.807, 2.05) is 31.3 Å². The molecule has 0 radical (unpaired) electrons. The third kappa shape index (κ3) is 3.14.